The van der Waals surface area contributed by atoms with Crippen LogP contribution in [0.15, 0.2) is 54.6 Å². The summed E-state index contributed by atoms with van der Waals surface area (Å²) < 4.78 is 23.0. The van der Waals surface area contributed by atoms with E-state index in [1.54, 1.807) is 6.92 Å². The first-order chi connectivity index (χ1) is 9.62. The van der Waals surface area contributed by atoms with E-state index in [1.807, 2.05) is 54.6 Å². The van der Waals surface area contributed by atoms with Crippen LogP contribution >= 0.6 is 0 Å². The molecule has 2 aromatic rings. The van der Waals surface area contributed by atoms with E-state index in [1.165, 1.54) is 0 Å². The maximum atomic E-state index is 11.5. The van der Waals surface area contributed by atoms with Gasteiger partial charge < -0.3 is 5.32 Å². The second kappa shape index (κ2) is 6.57. The van der Waals surface area contributed by atoms with Crippen LogP contribution in [0.3, 0.4) is 0 Å². The molecule has 2 aromatic carbocycles. The predicted molar refractivity (Wildman–Crippen MR) is 84.7 cm³/mol. The monoisotopic (exact) mass is 289 g/mol. The highest BCUT2D eigenvalue weighted by Gasteiger charge is 2.08. The smallest absolute Gasteiger partial charge is 0.151 e. The van der Waals surface area contributed by atoms with Crippen molar-refractivity contribution in [3.8, 4) is 11.1 Å². The van der Waals surface area contributed by atoms with Crippen LogP contribution in [0.25, 0.3) is 11.1 Å². The Morgan fingerprint density at radius 3 is 2.30 bits per heavy atom. The van der Waals surface area contributed by atoms with Crippen LogP contribution in [0.5, 0.6) is 0 Å². The van der Waals surface area contributed by atoms with Gasteiger partial charge in [-0.3, -0.25) is 0 Å². The van der Waals surface area contributed by atoms with Gasteiger partial charge in [0.1, 0.15) is 0 Å². The van der Waals surface area contributed by atoms with Crippen molar-refractivity contribution in [2.75, 3.05) is 23.4 Å². The van der Waals surface area contributed by atoms with Gasteiger partial charge in [-0.1, -0.05) is 55.5 Å². The second-order valence-electron chi connectivity index (χ2n) is 4.57. The lowest BCUT2D eigenvalue weighted by atomic mass is 10.0. The van der Waals surface area contributed by atoms with Crippen LogP contribution in [-0.2, 0) is 9.84 Å². The molecule has 0 heterocycles. The van der Waals surface area contributed by atoms with Crippen molar-refractivity contribution in [1.29, 1.82) is 0 Å². The van der Waals surface area contributed by atoms with Crippen LogP contribution in [0.1, 0.15) is 6.92 Å². The zero-order valence-corrected chi connectivity index (χ0v) is 12.4. The summed E-state index contributed by atoms with van der Waals surface area (Å²) in [7, 11) is -2.93. The molecule has 4 heteroatoms. The van der Waals surface area contributed by atoms with E-state index < -0.39 is 9.84 Å². The van der Waals surface area contributed by atoms with Crippen molar-refractivity contribution in [2.45, 2.75) is 6.92 Å². The van der Waals surface area contributed by atoms with Crippen molar-refractivity contribution >= 4 is 15.5 Å². The van der Waals surface area contributed by atoms with Gasteiger partial charge in [-0.25, -0.2) is 8.42 Å². The Hall–Kier alpha value is -1.81. The van der Waals surface area contributed by atoms with Crippen molar-refractivity contribution in [1.82, 2.24) is 0 Å². The second-order valence-corrected chi connectivity index (χ2v) is 7.05. The minimum Gasteiger partial charge on any atom is -0.384 e. The Bertz CT molecular complexity index is 651. The molecule has 0 aliphatic heterocycles. The third-order valence-electron chi connectivity index (χ3n) is 3.18. The summed E-state index contributed by atoms with van der Waals surface area (Å²) in [6.45, 7) is 2.10. The number of anilines is 1. The maximum Gasteiger partial charge on any atom is 0.151 e. The summed E-state index contributed by atoms with van der Waals surface area (Å²) in [6.07, 6.45) is 0. The minimum absolute atomic E-state index is 0.159. The topological polar surface area (TPSA) is 46.2 Å². The van der Waals surface area contributed by atoms with E-state index in [9.17, 15) is 8.42 Å². The SMILES string of the molecule is CCS(=O)(=O)CCNc1ccccc1-c1ccccc1. The van der Waals surface area contributed by atoms with Gasteiger partial charge in [0, 0.05) is 23.5 Å². The van der Waals surface area contributed by atoms with Gasteiger partial charge in [0.2, 0.25) is 0 Å². The van der Waals surface area contributed by atoms with Crippen molar-refractivity contribution in [2.24, 2.45) is 0 Å². The normalized spacial score (nSPS) is 11.2. The first-order valence-corrected chi connectivity index (χ1v) is 8.53. The molecular weight excluding hydrogens is 270 g/mol. The van der Waals surface area contributed by atoms with Crippen LogP contribution in [0.4, 0.5) is 5.69 Å². The molecule has 2 rings (SSSR count). The molecule has 0 spiro atoms. The van der Waals surface area contributed by atoms with Crippen molar-refractivity contribution < 1.29 is 8.42 Å². The van der Waals surface area contributed by atoms with Crippen molar-refractivity contribution in [3.63, 3.8) is 0 Å². The Morgan fingerprint density at radius 1 is 0.950 bits per heavy atom. The number of para-hydroxylation sites is 1. The first kappa shape index (κ1) is 14.6. The fourth-order valence-corrected chi connectivity index (χ4v) is 2.69. The molecule has 20 heavy (non-hydrogen) atoms. The largest absolute Gasteiger partial charge is 0.384 e. The van der Waals surface area contributed by atoms with Crippen LogP contribution < -0.4 is 5.32 Å². The molecule has 0 atom stereocenters. The molecule has 0 aliphatic rings. The Kier molecular flexibility index (Phi) is 4.79. The molecule has 1 N–H and O–H groups in total. The fraction of sp³-hybridized carbons (Fsp3) is 0.250. The summed E-state index contributed by atoms with van der Waals surface area (Å²) in [5.41, 5.74) is 3.17. The van der Waals surface area contributed by atoms with E-state index in [4.69, 9.17) is 0 Å². The average Bonchev–Trinajstić information content (AvgIpc) is 2.48. The summed E-state index contributed by atoms with van der Waals surface area (Å²) >= 11 is 0. The zero-order chi connectivity index (χ0) is 14.4. The lowest BCUT2D eigenvalue weighted by molar-refractivity contribution is 0.597. The van der Waals surface area contributed by atoms with E-state index in [0.717, 1.165) is 16.8 Å². The number of hydrogen-bond donors (Lipinski definition) is 1. The summed E-state index contributed by atoms with van der Waals surface area (Å²) in [5, 5.41) is 3.22. The van der Waals surface area contributed by atoms with E-state index in [2.05, 4.69) is 5.32 Å². The van der Waals surface area contributed by atoms with E-state index in [0.29, 0.717) is 6.54 Å². The molecule has 0 fully saturated rings. The average molecular weight is 289 g/mol. The summed E-state index contributed by atoms with van der Waals surface area (Å²) in [6, 6.07) is 18.0. The molecule has 0 amide bonds. The molecule has 0 saturated carbocycles. The van der Waals surface area contributed by atoms with Gasteiger partial charge >= 0.3 is 0 Å². The van der Waals surface area contributed by atoms with Gasteiger partial charge in [0.15, 0.2) is 9.84 Å². The highest BCUT2D eigenvalue weighted by atomic mass is 32.2. The van der Waals surface area contributed by atoms with Crippen LogP contribution in [-0.4, -0.2) is 26.5 Å². The number of rotatable bonds is 6. The van der Waals surface area contributed by atoms with E-state index >= 15 is 0 Å². The van der Waals surface area contributed by atoms with E-state index in [-0.39, 0.29) is 11.5 Å². The molecule has 0 aromatic heterocycles. The molecule has 0 radical (unpaired) electrons. The molecule has 0 aliphatic carbocycles. The molecule has 106 valence electrons. The van der Waals surface area contributed by atoms with Gasteiger partial charge in [-0.2, -0.15) is 0 Å². The number of benzene rings is 2. The lowest BCUT2D eigenvalue weighted by Gasteiger charge is -2.12. The Labute approximate surface area is 120 Å². The Balaban J connectivity index is 2.13. The highest BCUT2D eigenvalue weighted by Crippen LogP contribution is 2.27. The molecule has 3 nitrogen and oxygen atoms in total. The lowest BCUT2D eigenvalue weighted by Crippen LogP contribution is -2.17. The maximum absolute atomic E-state index is 11.5. The Morgan fingerprint density at radius 2 is 1.60 bits per heavy atom. The summed E-state index contributed by atoms with van der Waals surface area (Å²) in [4.78, 5) is 0. The first-order valence-electron chi connectivity index (χ1n) is 6.71. The van der Waals surface area contributed by atoms with Gasteiger partial charge in [0.05, 0.1) is 5.75 Å². The molecular formula is C16H19NO2S. The number of sulfone groups is 1. The minimum atomic E-state index is -2.93. The van der Waals surface area contributed by atoms with Gasteiger partial charge in [0.25, 0.3) is 0 Å². The molecule has 0 bridgehead atoms. The van der Waals surface area contributed by atoms with Crippen LogP contribution in [0.2, 0.25) is 0 Å². The number of hydrogen-bond acceptors (Lipinski definition) is 3. The third-order valence-corrected chi connectivity index (χ3v) is 4.89. The van der Waals surface area contributed by atoms with Crippen molar-refractivity contribution in [3.05, 3.63) is 54.6 Å². The highest BCUT2D eigenvalue weighted by molar-refractivity contribution is 7.91. The fourth-order valence-electron chi connectivity index (χ4n) is 1.99. The zero-order valence-electron chi connectivity index (χ0n) is 11.5. The van der Waals surface area contributed by atoms with Crippen LogP contribution in [0, 0.1) is 0 Å². The summed E-state index contributed by atoms with van der Waals surface area (Å²) in [5.74, 6) is 0.349. The molecule has 0 saturated heterocycles. The quantitative estimate of drug-likeness (QED) is 0.888. The molecule has 0 unspecified atom stereocenters. The standard InChI is InChI=1S/C16H19NO2S/c1-2-20(18,19)13-12-17-16-11-7-6-10-15(16)14-8-4-3-5-9-14/h3-11,17H,2,12-13H2,1H3. The van der Waals surface area contributed by atoms with Gasteiger partial charge in [-0.05, 0) is 11.6 Å². The van der Waals surface area contributed by atoms with Gasteiger partial charge in [-0.15, -0.1) is 0 Å². The predicted octanol–water partition coefficient (Wildman–Crippen LogP) is 3.20. The number of nitrogens with one attached hydrogen (secondary N) is 1. The third kappa shape index (κ3) is 3.84.